The molecule has 4 heteroatoms. The van der Waals surface area contributed by atoms with Gasteiger partial charge in [0.25, 0.3) is 0 Å². The Hall–Kier alpha value is -2.02. The molecule has 1 saturated carbocycles. The van der Waals surface area contributed by atoms with Gasteiger partial charge < -0.3 is 10.1 Å². The first-order valence-corrected chi connectivity index (χ1v) is 6.67. The van der Waals surface area contributed by atoms with Gasteiger partial charge in [0, 0.05) is 18.2 Å². The quantitative estimate of drug-likeness (QED) is 0.882. The van der Waals surface area contributed by atoms with Gasteiger partial charge in [0.15, 0.2) is 6.61 Å². The first-order chi connectivity index (χ1) is 9.28. The molecule has 0 unspecified atom stereocenters. The highest BCUT2D eigenvalue weighted by molar-refractivity contribution is 5.91. The molecule has 1 amide bonds. The van der Waals surface area contributed by atoms with Crippen LogP contribution >= 0.6 is 0 Å². The number of nitriles is 1. The van der Waals surface area contributed by atoms with Crippen LogP contribution < -0.4 is 10.1 Å². The van der Waals surface area contributed by atoms with Gasteiger partial charge in [-0.3, -0.25) is 4.79 Å². The lowest BCUT2D eigenvalue weighted by Gasteiger charge is -2.10. The minimum absolute atomic E-state index is 0.0134. The molecule has 0 aliphatic heterocycles. The largest absolute Gasteiger partial charge is 0.479 e. The summed E-state index contributed by atoms with van der Waals surface area (Å²) >= 11 is 0. The van der Waals surface area contributed by atoms with Gasteiger partial charge in [-0.05, 0) is 30.9 Å². The number of amides is 1. The van der Waals surface area contributed by atoms with Crippen molar-refractivity contribution in [1.82, 2.24) is 0 Å². The first kappa shape index (κ1) is 13.4. The third kappa shape index (κ3) is 4.29. The van der Waals surface area contributed by atoms with Gasteiger partial charge in [-0.25, -0.2) is 0 Å². The number of benzene rings is 1. The van der Waals surface area contributed by atoms with Crippen molar-refractivity contribution in [2.75, 3.05) is 11.9 Å². The first-order valence-electron chi connectivity index (χ1n) is 6.67. The van der Waals surface area contributed by atoms with Crippen molar-refractivity contribution in [3.63, 3.8) is 0 Å². The predicted octanol–water partition coefficient (Wildman–Crippen LogP) is 3.11. The third-order valence-corrected chi connectivity index (χ3v) is 3.37. The Labute approximate surface area is 113 Å². The fourth-order valence-corrected chi connectivity index (χ4v) is 2.47. The van der Waals surface area contributed by atoms with E-state index in [0.717, 1.165) is 5.69 Å². The monoisotopic (exact) mass is 258 g/mol. The molecule has 0 atom stereocenters. The highest BCUT2D eigenvalue weighted by atomic mass is 16.5. The number of carbonyl (C=O) groups excluding carboxylic acids is 1. The number of ether oxygens (including phenoxy) is 1. The summed E-state index contributed by atoms with van der Waals surface area (Å²) in [6.07, 6.45) is 5.42. The summed E-state index contributed by atoms with van der Waals surface area (Å²) in [5.74, 6) is 1.20. The van der Waals surface area contributed by atoms with Gasteiger partial charge in [-0.1, -0.05) is 18.9 Å². The van der Waals surface area contributed by atoms with Crippen LogP contribution in [0, 0.1) is 17.2 Å². The molecular formula is C15H18N2O2. The number of rotatable bonds is 5. The maximum absolute atomic E-state index is 11.9. The van der Waals surface area contributed by atoms with E-state index in [0.29, 0.717) is 18.1 Å². The van der Waals surface area contributed by atoms with Crippen LogP contribution in [0.15, 0.2) is 24.3 Å². The minimum atomic E-state index is 0.0134. The lowest BCUT2D eigenvalue weighted by molar-refractivity contribution is -0.117. The molecule has 19 heavy (non-hydrogen) atoms. The Morgan fingerprint density at radius 1 is 1.42 bits per heavy atom. The summed E-state index contributed by atoms with van der Waals surface area (Å²) in [6, 6.07) is 9.05. The van der Waals surface area contributed by atoms with E-state index < -0.39 is 0 Å². The maximum atomic E-state index is 11.9. The van der Waals surface area contributed by atoms with E-state index in [1.807, 2.05) is 12.1 Å². The van der Waals surface area contributed by atoms with E-state index in [1.165, 1.54) is 25.7 Å². The minimum Gasteiger partial charge on any atom is -0.479 e. The van der Waals surface area contributed by atoms with Crippen LogP contribution in [0.1, 0.15) is 32.1 Å². The molecule has 4 nitrogen and oxygen atoms in total. The molecule has 1 aliphatic carbocycles. The summed E-state index contributed by atoms with van der Waals surface area (Å²) in [5.41, 5.74) is 0.721. The Balaban J connectivity index is 1.87. The molecule has 2 rings (SSSR count). The van der Waals surface area contributed by atoms with Crippen LogP contribution in [0.4, 0.5) is 5.69 Å². The normalized spacial score (nSPS) is 14.9. The molecule has 100 valence electrons. The molecule has 0 radical (unpaired) electrons. The lowest BCUT2D eigenvalue weighted by atomic mass is 10.0. The molecule has 0 bridgehead atoms. The number of hydrogen-bond acceptors (Lipinski definition) is 3. The smallest absolute Gasteiger partial charge is 0.224 e. The topological polar surface area (TPSA) is 62.1 Å². The fourth-order valence-electron chi connectivity index (χ4n) is 2.47. The van der Waals surface area contributed by atoms with Crippen molar-refractivity contribution >= 4 is 11.6 Å². The van der Waals surface area contributed by atoms with Gasteiger partial charge in [0.1, 0.15) is 11.8 Å². The van der Waals surface area contributed by atoms with Crippen LogP contribution in [0.2, 0.25) is 0 Å². The summed E-state index contributed by atoms with van der Waals surface area (Å²) in [7, 11) is 0. The van der Waals surface area contributed by atoms with Crippen molar-refractivity contribution in [3.8, 4) is 11.8 Å². The number of nitrogens with zero attached hydrogens (tertiary/aromatic N) is 1. The van der Waals surface area contributed by atoms with Crippen molar-refractivity contribution < 1.29 is 9.53 Å². The standard InChI is InChI=1S/C15H18N2O2/c16-8-9-19-14-7-3-6-13(11-14)17-15(18)10-12-4-1-2-5-12/h3,6-7,11-12H,1-2,4-5,9-10H2,(H,17,18). The zero-order chi connectivity index (χ0) is 13.5. The van der Waals surface area contributed by atoms with E-state index in [-0.39, 0.29) is 12.5 Å². The Kier molecular flexibility index (Phi) is 4.79. The van der Waals surface area contributed by atoms with Crippen molar-refractivity contribution in [3.05, 3.63) is 24.3 Å². The second-order valence-electron chi connectivity index (χ2n) is 4.88. The Bertz CT molecular complexity index is 473. The maximum Gasteiger partial charge on any atom is 0.224 e. The number of hydrogen-bond donors (Lipinski definition) is 1. The van der Waals surface area contributed by atoms with Crippen molar-refractivity contribution in [1.29, 1.82) is 5.26 Å². The number of nitrogens with one attached hydrogen (secondary N) is 1. The highest BCUT2D eigenvalue weighted by Crippen LogP contribution is 2.28. The van der Waals surface area contributed by atoms with Crippen LogP contribution in [-0.4, -0.2) is 12.5 Å². The predicted molar refractivity (Wildman–Crippen MR) is 72.8 cm³/mol. The summed E-state index contributed by atoms with van der Waals surface area (Å²) in [5, 5.41) is 11.3. The molecule has 0 heterocycles. The molecule has 0 spiro atoms. The summed E-state index contributed by atoms with van der Waals surface area (Å²) in [4.78, 5) is 11.9. The van der Waals surface area contributed by atoms with Crippen LogP contribution in [0.3, 0.4) is 0 Å². The van der Waals surface area contributed by atoms with E-state index in [2.05, 4.69) is 5.32 Å². The van der Waals surface area contributed by atoms with Crippen molar-refractivity contribution in [2.45, 2.75) is 32.1 Å². The molecule has 1 aromatic rings. The highest BCUT2D eigenvalue weighted by Gasteiger charge is 2.18. The molecular weight excluding hydrogens is 240 g/mol. The van der Waals surface area contributed by atoms with Gasteiger partial charge in [0.2, 0.25) is 5.91 Å². The van der Waals surface area contributed by atoms with Gasteiger partial charge >= 0.3 is 0 Å². The lowest BCUT2D eigenvalue weighted by Crippen LogP contribution is -2.15. The zero-order valence-corrected chi connectivity index (χ0v) is 10.9. The van der Waals surface area contributed by atoms with Crippen molar-refractivity contribution in [2.24, 2.45) is 5.92 Å². The summed E-state index contributed by atoms with van der Waals surface area (Å²) in [6.45, 7) is 0.0134. The van der Waals surface area contributed by atoms with Gasteiger partial charge in [-0.15, -0.1) is 0 Å². The van der Waals surface area contributed by atoms with Crippen LogP contribution in [-0.2, 0) is 4.79 Å². The second-order valence-corrected chi connectivity index (χ2v) is 4.88. The van der Waals surface area contributed by atoms with E-state index in [1.54, 1.807) is 18.2 Å². The third-order valence-electron chi connectivity index (χ3n) is 3.37. The van der Waals surface area contributed by atoms with E-state index >= 15 is 0 Å². The summed E-state index contributed by atoms with van der Waals surface area (Å²) < 4.78 is 5.20. The van der Waals surface area contributed by atoms with Gasteiger partial charge in [-0.2, -0.15) is 5.26 Å². The molecule has 1 fully saturated rings. The molecule has 1 aromatic carbocycles. The average Bonchev–Trinajstić information content (AvgIpc) is 2.89. The fraction of sp³-hybridized carbons (Fsp3) is 0.467. The molecule has 0 aromatic heterocycles. The molecule has 0 saturated heterocycles. The molecule has 1 N–H and O–H groups in total. The number of anilines is 1. The van der Waals surface area contributed by atoms with Crippen LogP contribution in [0.25, 0.3) is 0 Å². The Morgan fingerprint density at radius 3 is 2.95 bits per heavy atom. The van der Waals surface area contributed by atoms with Gasteiger partial charge in [0.05, 0.1) is 0 Å². The van der Waals surface area contributed by atoms with Crippen LogP contribution in [0.5, 0.6) is 5.75 Å². The zero-order valence-electron chi connectivity index (χ0n) is 10.9. The Morgan fingerprint density at radius 2 is 2.21 bits per heavy atom. The molecule has 1 aliphatic rings. The van der Waals surface area contributed by atoms with E-state index in [4.69, 9.17) is 10.00 Å². The average molecular weight is 258 g/mol. The van der Waals surface area contributed by atoms with E-state index in [9.17, 15) is 4.79 Å². The number of carbonyl (C=O) groups is 1. The second kappa shape index (κ2) is 6.79. The SMILES string of the molecule is N#CCOc1cccc(NC(=O)CC2CCCC2)c1.